The van der Waals surface area contributed by atoms with Crippen LogP contribution < -0.4 is 4.74 Å². The van der Waals surface area contributed by atoms with Crippen molar-refractivity contribution in [2.24, 2.45) is 0 Å². The summed E-state index contributed by atoms with van der Waals surface area (Å²) in [5, 5.41) is 0. The highest BCUT2D eigenvalue weighted by Crippen LogP contribution is 2.19. The molecule has 0 N–H and O–H groups in total. The van der Waals surface area contributed by atoms with Crippen molar-refractivity contribution in [1.82, 2.24) is 4.90 Å². The van der Waals surface area contributed by atoms with E-state index in [2.05, 4.69) is 4.90 Å². The van der Waals surface area contributed by atoms with Crippen LogP contribution >= 0.6 is 0 Å². The Bertz CT molecular complexity index is 433. The molecule has 1 heterocycles. The van der Waals surface area contributed by atoms with Crippen LogP contribution in [0.3, 0.4) is 0 Å². The Morgan fingerprint density at radius 1 is 1.09 bits per heavy atom. The molecule has 0 amide bonds. The first-order chi connectivity index (χ1) is 10.8. The Balaban J connectivity index is 1.52. The summed E-state index contributed by atoms with van der Waals surface area (Å²) in [5.74, 6) is 0.0140. The highest BCUT2D eigenvalue weighted by atomic mass is 19.1. The maximum Gasteiger partial charge on any atom is 0.165 e. The SMILES string of the molecule is COc1cc(CCCOCCCN2CCCCC2)ccc1F. The molecule has 0 saturated carbocycles. The molecule has 0 aliphatic carbocycles. The van der Waals surface area contributed by atoms with Crippen LogP contribution in [0.2, 0.25) is 0 Å². The van der Waals surface area contributed by atoms with Gasteiger partial charge in [0.25, 0.3) is 0 Å². The lowest BCUT2D eigenvalue weighted by molar-refractivity contribution is 0.115. The van der Waals surface area contributed by atoms with Crippen molar-refractivity contribution >= 4 is 0 Å². The van der Waals surface area contributed by atoms with Crippen LogP contribution in [0, 0.1) is 5.82 Å². The van der Waals surface area contributed by atoms with E-state index < -0.39 is 0 Å². The van der Waals surface area contributed by atoms with Gasteiger partial charge in [0.05, 0.1) is 7.11 Å². The van der Waals surface area contributed by atoms with E-state index in [0.717, 1.165) is 44.6 Å². The zero-order chi connectivity index (χ0) is 15.6. The maximum absolute atomic E-state index is 13.3. The molecule has 1 fully saturated rings. The first kappa shape index (κ1) is 17.2. The number of halogens is 1. The number of aryl methyl sites for hydroxylation is 1. The van der Waals surface area contributed by atoms with Crippen molar-refractivity contribution in [2.45, 2.75) is 38.5 Å². The Morgan fingerprint density at radius 3 is 2.64 bits per heavy atom. The summed E-state index contributed by atoms with van der Waals surface area (Å²) in [6.45, 7) is 5.27. The van der Waals surface area contributed by atoms with Gasteiger partial charge in [0, 0.05) is 19.8 Å². The highest BCUT2D eigenvalue weighted by molar-refractivity contribution is 5.30. The zero-order valence-corrected chi connectivity index (χ0v) is 13.7. The van der Waals surface area contributed by atoms with E-state index in [0.29, 0.717) is 5.75 Å². The van der Waals surface area contributed by atoms with Gasteiger partial charge in [0.15, 0.2) is 11.6 Å². The van der Waals surface area contributed by atoms with Gasteiger partial charge in [0.1, 0.15) is 0 Å². The van der Waals surface area contributed by atoms with Gasteiger partial charge in [-0.2, -0.15) is 0 Å². The van der Waals surface area contributed by atoms with Crippen LogP contribution in [0.15, 0.2) is 18.2 Å². The van der Waals surface area contributed by atoms with Crippen LogP contribution in [-0.4, -0.2) is 44.9 Å². The molecule has 0 aromatic heterocycles. The van der Waals surface area contributed by atoms with E-state index >= 15 is 0 Å². The lowest BCUT2D eigenvalue weighted by atomic mass is 10.1. The summed E-state index contributed by atoms with van der Waals surface area (Å²) in [6, 6.07) is 5.05. The highest BCUT2D eigenvalue weighted by Gasteiger charge is 2.08. The summed E-state index contributed by atoms with van der Waals surface area (Å²) < 4.78 is 24.0. The van der Waals surface area contributed by atoms with Gasteiger partial charge in [0.2, 0.25) is 0 Å². The molecule has 1 saturated heterocycles. The largest absolute Gasteiger partial charge is 0.494 e. The average molecular weight is 309 g/mol. The molecule has 0 bridgehead atoms. The van der Waals surface area contributed by atoms with Crippen LogP contribution in [0.4, 0.5) is 4.39 Å². The van der Waals surface area contributed by atoms with Crippen molar-refractivity contribution in [1.29, 1.82) is 0 Å². The lowest BCUT2D eigenvalue weighted by Gasteiger charge is -2.26. The monoisotopic (exact) mass is 309 g/mol. The Hall–Kier alpha value is -1.13. The summed E-state index contributed by atoms with van der Waals surface area (Å²) in [6.07, 6.45) is 7.05. The van der Waals surface area contributed by atoms with Crippen molar-refractivity contribution in [3.63, 3.8) is 0 Å². The molecule has 0 spiro atoms. The van der Waals surface area contributed by atoms with Crippen molar-refractivity contribution < 1.29 is 13.9 Å². The van der Waals surface area contributed by atoms with Gasteiger partial charge >= 0.3 is 0 Å². The summed E-state index contributed by atoms with van der Waals surface area (Å²) in [5.41, 5.74) is 1.09. The van der Waals surface area contributed by atoms with E-state index in [9.17, 15) is 4.39 Å². The molecule has 3 nitrogen and oxygen atoms in total. The number of hydrogen-bond acceptors (Lipinski definition) is 3. The fourth-order valence-electron chi connectivity index (χ4n) is 2.91. The number of likely N-dealkylation sites (tertiary alicyclic amines) is 1. The molecule has 1 aliphatic rings. The summed E-state index contributed by atoms with van der Waals surface area (Å²) in [7, 11) is 1.49. The van der Waals surface area contributed by atoms with Gasteiger partial charge in [-0.25, -0.2) is 4.39 Å². The molecule has 1 aromatic carbocycles. The van der Waals surface area contributed by atoms with Crippen LogP contribution in [0.1, 0.15) is 37.7 Å². The van der Waals surface area contributed by atoms with Gasteiger partial charge in [-0.3, -0.25) is 0 Å². The van der Waals surface area contributed by atoms with Crippen molar-refractivity contribution in [3.8, 4) is 5.75 Å². The minimum Gasteiger partial charge on any atom is -0.494 e. The van der Waals surface area contributed by atoms with E-state index in [1.807, 2.05) is 6.07 Å². The average Bonchev–Trinajstić information content (AvgIpc) is 2.56. The molecule has 0 radical (unpaired) electrons. The van der Waals surface area contributed by atoms with Crippen LogP contribution in [0.25, 0.3) is 0 Å². The quantitative estimate of drug-likeness (QED) is 0.650. The second-order valence-electron chi connectivity index (χ2n) is 5.94. The fraction of sp³-hybridized carbons (Fsp3) is 0.667. The number of benzene rings is 1. The number of nitrogens with zero attached hydrogens (tertiary/aromatic N) is 1. The number of rotatable bonds is 9. The third kappa shape index (κ3) is 5.93. The Kier molecular flexibility index (Phi) is 7.67. The molecular formula is C18H28FNO2. The van der Waals surface area contributed by atoms with Gasteiger partial charge in [-0.15, -0.1) is 0 Å². The molecule has 2 rings (SSSR count). The summed E-state index contributed by atoms with van der Waals surface area (Å²) >= 11 is 0. The Morgan fingerprint density at radius 2 is 1.86 bits per heavy atom. The molecule has 124 valence electrons. The lowest BCUT2D eigenvalue weighted by Crippen LogP contribution is -2.31. The van der Waals surface area contributed by atoms with E-state index in [1.54, 1.807) is 6.07 Å². The van der Waals surface area contributed by atoms with Crippen LogP contribution in [0.5, 0.6) is 5.75 Å². The number of hydrogen-bond donors (Lipinski definition) is 0. The topological polar surface area (TPSA) is 21.7 Å². The summed E-state index contributed by atoms with van der Waals surface area (Å²) in [4.78, 5) is 2.54. The van der Waals surface area contributed by atoms with Crippen LogP contribution in [-0.2, 0) is 11.2 Å². The molecule has 4 heteroatoms. The predicted octanol–water partition coefficient (Wildman–Crippen LogP) is 3.66. The number of ether oxygens (including phenoxy) is 2. The standard InChI is InChI=1S/C18H28FNO2/c1-21-18-15-16(8-9-17(18)19)7-5-13-22-14-6-12-20-10-3-2-4-11-20/h8-9,15H,2-7,10-14H2,1H3. The third-order valence-corrected chi connectivity index (χ3v) is 4.18. The van der Waals surface area contributed by atoms with Crippen molar-refractivity contribution in [3.05, 3.63) is 29.6 Å². The fourth-order valence-corrected chi connectivity index (χ4v) is 2.91. The minimum atomic E-state index is -0.305. The zero-order valence-electron chi connectivity index (χ0n) is 13.7. The van der Waals surface area contributed by atoms with Gasteiger partial charge in [-0.1, -0.05) is 12.5 Å². The predicted molar refractivity (Wildman–Crippen MR) is 87.0 cm³/mol. The molecule has 22 heavy (non-hydrogen) atoms. The van der Waals surface area contributed by atoms with E-state index in [1.165, 1.54) is 45.5 Å². The molecular weight excluding hydrogens is 281 g/mol. The second-order valence-corrected chi connectivity index (χ2v) is 5.94. The smallest absolute Gasteiger partial charge is 0.165 e. The molecule has 1 aliphatic heterocycles. The Labute approximate surface area is 133 Å². The maximum atomic E-state index is 13.3. The third-order valence-electron chi connectivity index (χ3n) is 4.18. The van der Waals surface area contributed by atoms with Crippen molar-refractivity contribution in [2.75, 3.05) is 40.0 Å². The molecule has 0 unspecified atom stereocenters. The number of methoxy groups -OCH3 is 1. The van der Waals surface area contributed by atoms with Gasteiger partial charge < -0.3 is 14.4 Å². The molecule has 1 aromatic rings. The second kappa shape index (κ2) is 9.80. The van der Waals surface area contributed by atoms with E-state index in [-0.39, 0.29) is 5.82 Å². The van der Waals surface area contributed by atoms with Gasteiger partial charge in [-0.05, 0) is 62.9 Å². The number of piperidine rings is 1. The molecule has 0 atom stereocenters. The van der Waals surface area contributed by atoms with E-state index in [4.69, 9.17) is 9.47 Å². The first-order valence-corrected chi connectivity index (χ1v) is 8.42. The minimum absolute atomic E-state index is 0.305. The normalized spacial score (nSPS) is 15.9. The first-order valence-electron chi connectivity index (χ1n) is 8.42.